The van der Waals surface area contributed by atoms with E-state index in [4.69, 9.17) is 14.2 Å². The quantitative estimate of drug-likeness (QED) is 0.176. The Morgan fingerprint density at radius 2 is 1.71 bits per heavy atom. The molecular weight excluding hydrogens is 618 g/mol. The molecule has 1 heterocycles. The molecule has 6 rings (SSSR count). The third kappa shape index (κ3) is 5.81. The Morgan fingerprint density at radius 1 is 1.00 bits per heavy atom. The van der Waals surface area contributed by atoms with E-state index in [1.165, 1.54) is 25.3 Å². The first-order valence-electron chi connectivity index (χ1n) is 19.6. The van der Waals surface area contributed by atoms with Crippen molar-refractivity contribution in [1.82, 2.24) is 4.90 Å². The summed E-state index contributed by atoms with van der Waals surface area (Å²) in [5, 5.41) is 11.0. The average molecular weight is 684 g/mol. The van der Waals surface area contributed by atoms with Crippen LogP contribution in [0.2, 0.25) is 0 Å². The number of hydrogen-bond acceptors (Lipinski definition) is 7. The second kappa shape index (κ2) is 12.9. The van der Waals surface area contributed by atoms with E-state index in [0.717, 1.165) is 45.2 Å². The van der Waals surface area contributed by atoms with E-state index in [9.17, 15) is 19.5 Å². The zero-order valence-corrected chi connectivity index (χ0v) is 31.9. The van der Waals surface area contributed by atoms with Crippen LogP contribution in [0.15, 0.2) is 11.6 Å². The minimum atomic E-state index is -0.660. The van der Waals surface area contributed by atoms with Crippen LogP contribution in [0.1, 0.15) is 120 Å². The van der Waals surface area contributed by atoms with Crippen molar-refractivity contribution < 1.29 is 33.7 Å². The van der Waals surface area contributed by atoms with Crippen molar-refractivity contribution in [2.45, 2.75) is 132 Å². The van der Waals surface area contributed by atoms with Gasteiger partial charge in [-0.05, 0) is 110 Å². The lowest BCUT2D eigenvalue weighted by Gasteiger charge is -2.71. The maximum absolute atomic E-state index is 13.7. The van der Waals surface area contributed by atoms with Crippen LogP contribution in [0.5, 0.6) is 0 Å². The summed E-state index contributed by atoms with van der Waals surface area (Å²) >= 11 is 0. The van der Waals surface area contributed by atoms with Crippen molar-refractivity contribution in [3.8, 4) is 0 Å². The van der Waals surface area contributed by atoms with Crippen LogP contribution in [-0.2, 0) is 28.6 Å². The van der Waals surface area contributed by atoms with Crippen LogP contribution in [0.4, 0.5) is 0 Å². The maximum Gasteiger partial charge on any atom is 0.320 e. The molecule has 8 nitrogen and oxygen atoms in total. The molecule has 11 atom stereocenters. The number of carbonyl (C=O) groups is 3. The molecule has 1 N–H and O–H groups in total. The van der Waals surface area contributed by atoms with Gasteiger partial charge in [0.2, 0.25) is 0 Å². The number of carboxylic acid groups (broad SMARTS) is 1. The summed E-state index contributed by atoms with van der Waals surface area (Å²) in [6.07, 6.45) is 9.79. The van der Waals surface area contributed by atoms with Crippen molar-refractivity contribution >= 4 is 17.9 Å². The summed E-state index contributed by atoms with van der Waals surface area (Å²) in [6.45, 7) is 22.5. The van der Waals surface area contributed by atoms with Crippen LogP contribution in [0, 0.1) is 62.6 Å². The first kappa shape index (κ1) is 36.8. The highest BCUT2D eigenvalue weighted by molar-refractivity contribution is 5.73. The molecule has 0 amide bonds. The molecule has 6 aliphatic rings. The van der Waals surface area contributed by atoms with Crippen LogP contribution >= 0.6 is 0 Å². The van der Waals surface area contributed by atoms with E-state index < -0.39 is 34.9 Å². The standard InChI is InChI=1S/C41H65NO7/c1-10-19-42(21-28-11-12-28)22-33(44)49-35-31(48-27(5)43)20-41-24-47-23-38(35,7)32(41)14-13-29-30(41)15-16-40(9)34(36(45)46)37(6,26(4)25(2)3)17-18-39(29,40)8/h15,25-26,28-29,31-32,34-35H,10-14,16-24H2,1-9H3,(H,45,46)/t26-,29+,31-,32+,34-,35+,37-,38+,39-,40+,41+/m1/s1. The van der Waals surface area contributed by atoms with Crippen molar-refractivity contribution in [2.75, 3.05) is 32.8 Å². The van der Waals surface area contributed by atoms with Gasteiger partial charge in [0.25, 0.3) is 0 Å². The molecule has 1 saturated heterocycles. The van der Waals surface area contributed by atoms with E-state index in [0.29, 0.717) is 37.9 Å². The number of aliphatic carboxylic acids is 1. The average Bonchev–Trinajstić information content (AvgIpc) is 3.83. The predicted octanol–water partition coefficient (Wildman–Crippen LogP) is 7.54. The molecule has 276 valence electrons. The van der Waals surface area contributed by atoms with Crippen LogP contribution in [-0.4, -0.2) is 73.0 Å². The molecule has 5 aliphatic carbocycles. The number of carboxylic acids is 1. The van der Waals surface area contributed by atoms with Gasteiger partial charge in [0.1, 0.15) is 12.2 Å². The van der Waals surface area contributed by atoms with E-state index >= 15 is 0 Å². The second-order valence-electron chi connectivity index (χ2n) is 18.8. The molecule has 2 bridgehead atoms. The van der Waals surface area contributed by atoms with Crippen molar-refractivity contribution in [3.63, 3.8) is 0 Å². The van der Waals surface area contributed by atoms with Gasteiger partial charge in [0, 0.05) is 24.3 Å². The highest BCUT2D eigenvalue weighted by Gasteiger charge is 2.72. The maximum atomic E-state index is 13.7. The van der Waals surface area contributed by atoms with Gasteiger partial charge in [0.15, 0.2) is 0 Å². The van der Waals surface area contributed by atoms with Gasteiger partial charge >= 0.3 is 17.9 Å². The van der Waals surface area contributed by atoms with Crippen molar-refractivity contribution in [1.29, 1.82) is 0 Å². The molecule has 4 saturated carbocycles. The summed E-state index contributed by atoms with van der Waals surface area (Å²) in [5.41, 5.74) is -0.386. The van der Waals surface area contributed by atoms with Crippen molar-refractivity contribution in [2.24, 2.45) is 62.6 Å². The fraction of sp³-hybridized carbons (Fsp3) is 0.878. The largest absolute Gasteiger partial charge is 0.481 e. The van der Waals surface area contributed by atoms with Gasteiger partial charge in [-0.15, -0.1) is 0 Å². The Kier molecular flexibility index (Phi) is 9.72. The molecule has 0 radical (unpaired) electrons. The minimum Gasteiger partial charge on any atom is -0.481 e. The van der Waals surface area contributed by atoms with Gasteiger partial charge in [-0.3, -0.25) is 19.3 Å². The number of rotatable bonds is 11. The van der Waals surface area contributed by atoms with Crippen LogP contribution < -0.4 is 0 Å². The molecule has 1 aliphatic heterocycles. The van der Waals surface area contributed by atoms with E-state index in [1.54, 1.807) is 0 Å². The first-order valence-corrected chi connectivity index (χ1v) is 19.6. The number of nitrogens with zero attached hydrogens (tertiary/aromatic N) is 1. The van der Waals surface area contributed by atoms with Gasteiger partial charge < -0.3 is 19.3 Å². The Balaban J connectivity index is 1.35. The molecule has 0 unspecified atom stereocenters. The first-order chi connectivity index (χ1) is 23.0. The molecular formula is C41H65NO7. The number of esters is 2. The van der Waals surface area contributed by atoms with Crippen molar-refractivity contribution in [3.05, 3.63) is 11.6 Å². The van der Waals surface area contributed by atoms with E-state index in [2.05, 4.69) is 66.4 Å². The monoisotopic (exact) mass is 683 g/mol. The molecule has 0 aromatic carbocycles. The van der Waals surface area contributed by atoms with Gasteiger partial charge in [0.05, 0.1) is 25.7 Å². The molecule has 0 aromatic heterocycles. The third-order valence-corrected chi connectivity index (χ3v) is 15.8. The summed E-state index contributed by atoms with van der Waals surface area (Å²) in [5.74, 6) is 0.0741. The zero-order chi connectivity index (χ0) is 35.7. The summed E-state index contributed by atoms with van der Waals surface area (Å²) in [4.78, 5) is 42.0. The Morgan fingerprint density at radius 3 is 2.33 bits per heavy atom. The summed E-state index contributed by atoms with van der Waals surface area (Å²) < 4.78 is 19.2. The van der Waals surface area contributed by atoms with E-state index in [-0.39, 0.29) is 52.5 Å². The molecule has 5 fully saturated rings. The minimum absolute atomic E-state index is 0.200. The third-order valence-electron chi connectivity index (χ3n) is 15.8. The molecule has 0 spiro atoms. The number of ether oxygens (including phenoxy) is 3. The van der Waals surface area contributed by atoms with Gasteiger partial charge in [-0.25, -0.2) is 0 Å². The Hall–Kier alpha value is -1.93. The second-order valence-corrected chi connectivity index (χ2v) is 18.8. The number of allylic oxidation sites excluding steroid dienone is 1. The summed E-state index contributed by atoms with van der Waals surface area (Å²) in [7, 11) is 0. The zero-order valence-electron chi connectivity index (χ0n) is 31.9. The predicted molar refractivity (Wildman–Crippen MR) is 188 cm³/mol. The van der Waals surface area contributed by atoms with E-state index in [1.807, 2.05) is 0 Å². The normalized spacial score (nSPS) is 43.5. The number of fused-ring (bicyclic) bond motifs is 3. The lowest BCUT2D eigenvalue weighted by Crippen LogP contribution is -2.70. The highest BCUT2D eigenvalue weighted by atomic mass is 16.6. The molecule has 0 aromatic rings. The Bertz CT molecular complexity index is 1340. The SMILES string of the molecule is CCCN(CC(=O)O[C@H]1[C@H](OC(C)=O)C[C@@]23COC[C@@]1(C)[C@@H]2CC[C@H]1C3=CC[C@@]2(C)[C@H](C(=O)O)[C@@](C)([C@H](C)C(C)C)CC[C@]12C)CC1CC1. The van der Waals surface area contributed by atoms with Crippen LogP contribution in [0.25, 0.3) is 0 Å². The topological polar surface area (TPSA) is 102 Å². The van der Waals surface area contributed by atoms with Gasteiger partial charge in [-0.2, -0.15) is 0 Å². The summed E-state index contributed by atoms with van der Waals surface area (Å²) in [6, 6.07) is 0. The fourth-order valence-electron chi connectivity index (χ4n) is 12.7. The number of carbonyl (C=O) groups excluding carboxylic acids is 2. The van der Waals surface area contributed by atoms with Crippen LogP contribution in [0.3, 0.4) is 0 Å². The number of hydrogen-bond donors (Lipinski definition) is 1. The van der Waals surface area contributed by atoms with Gasteiger partial charge in [-0.1, -0.05) is 67.0 Å². The highest BCUT2D eigenvalue weighted by Crippen LogP contribution is 2.75. The molecule has 8 heteroatoms. The lowest BCUT2D eigenvalue weighted by molar-refractivity contribution is -0.263. The fourth-order valence-corrected chi connectivity index (χ4v) is 12.7. The lowest BCUT2D eigenvalue weighted by atomic mass is 9.34. The smallest absolute Gasteiger partial charge is 0.320 e. The Labute approximate surface area is 295 Å². The molecule has 49 heavy (non-hydrogen) atoms.